The summed E-state index contributed by atoms with van der Waals surface area (Å²) in [5, 5.41) is 16.2. The molecule has 1 aromatic heterocycles. The largest absolute Gasteiger partial charge is 0.481 e. The molecule has 110 valence electrons. The molecular weight excluding hydrogens is 258 g/mol. The maximum atomic E-state index is 12.1. The number of carbonyl (C=O) groups is 2. The second-order valence-corrected chi connectivity index (χ2v) is 5.50. The molecule has 20 heavy (non-hydrogen) atoms. The molecule has 6 nitrogen and oxygen atoms in total. The van der Waals surface area contributed by atoms with Gasteiger partial charge in [-0.25, -0.2) is 0 Å². The van der Waals surface area contributed by atoms with E-state index in [-0.39, 0.29) is 17.7 Å². The summed E-state index contributed by atoms with van der Waals surface area (Å²) in [6.45, 7) is 2.21. The molecule has 0 aromatic carbocycles. The Bertz CT molecular complexity index is 510. The van der Waals surface area contributed by atoms with E-state index in [9.17, 15) is 14.7 Å². The highest BCUT2D eigenvalue weighted by molar-refractivity contribution is 5.95. The van der Waals surface area contributed by atoms with Crippen LogP contribution in [-0.4, -0.2) is 33.3 Å². The van der Waals surface area contributed by atoms with Crippen LogP contribution in [0.3, 0.4) is 0 Å². The minimum absolute atomic E-state index is 0.0298. The number of carbonyl (C=O) groups excluding carboxylic acids is 1. The van der Waals surface area contributed by atoms with E-state index < -0.39 is 5.97 Å². The van der Waals surface area contributed by atoms with Crippen molar-refractivity contribution >= 4 is 11.9 Å². The molecular formula is C14H21N3O3. The maximum Gasteiger partial charge on any atom is 0.306 e. The van der Waals surface area contributed by atoms with Gasteiger partial charge in [0.15, 0.2) is 0 Å². The van der Waals surface area contributed by atoms with Gasteiger partial charge < -0.3 is 10.4 Å². The zero-order chi connectivity index (χ0) is 14.7. The number of aryl methyl sites for hydroxylation is 2. The number of aliphatic carboxylic acids is 1. The standard InChI is InChI=1S/C14H21N3O3/c1-9-12(8-17(2)16-9)13(18)15-7-10-5-3-4-6-11(10)14(19)20/h8,10-11H,3-7H2,1-2H3,(H,15,18)(H,19,20). The zero-order valence-electron chi connectivity index (χ0n) is 11.9. The SMILES string of the molecule is Cc1nn(C)cc1C(=O)NCC1CCCCC1C(=O)O. The molecule has 1 aliphatic carbocycles. The highest BCUT2D eigenvalue weighted by Crippen LogP contribution is 2.29. The van der Waals surface area contributed by atoms with Gasteiger partial charge in [-0.1, -0.05) is 12.8 Å². The Morgan fingerprint density at radius 1 is 1.45 bits per heavy atom. The van der Waals surface area contributed by atoms with Crippen LogP contribution in [0.4, 0.5) is 0 Å². The second kappa shape index (κ2) is 6.07. The smallest absolute Gasteiger partial charge is 0.306 e. The molecule has 1 saturated carbocycles. The van der Waals surface area contributed by atoms with Gasteiger partial charge in [0.25, 0.3) is 5.91 Å². The highest BCUT2D eigenvalue weighted by Gasteiger charge is 2.31. The number of amides is 1. The number of carboxylic acid groups (broad SMARTS) is 1. The van der Waals surface area contributed by atoms with Crippen molar-refractivity contribution in [3.63, 3.8) is 0 Å². The van der Waals surface area contributed by atoms with Gasteiger partial charge in [0.1, 0.15) is 0 Å². The summed E-state index contributed by atoms with van der Waals surface area (Å²) in [4.78, 5) is 23.3. The average Bonchev–Trinajstić information content (AvgIpc) is 2.75. The van der Waals surface area contributed by atoms with Crippen LogP contribution in [0.15, 0.2) is 6.20 Å². The molecule has 1 amide bonds. The van der Waals surface area contributed by atoms with Crippen molar-refractivity contribution in [3.8, 4) is 0 Å². The van der Waals surface area contributed by atoms with Crippen LogP contribution in [-0.2, 0) is 11.8 Å². The molecule has 1 aliphatic rings. The van der Waals surface area contributed by atoms with Gasteiger partial charge in [0.05, 0.1) is 17.2 Å². The fourth-order valence-electron chi connectivity index (χ4n) is 2.92. The van der Waals surface area contributed by atoms with E-state index in [2.05, 4.69) is 10.4 Å². The number of nitrogens with zero attached hydrogens (tertiary/aromatic N) is 2. The first-order chi connectivity index (χ1) is 9.49. The quantitative estimate of drug-likeness (QED) is 0.871. The summed E-state index contributed by atoms with van der Waals surface area (Å²) >= 11 is 0. The Labute approximate surface area is 118 Å². The van der Waals surface area contributed by atoms with Crippen LogP contribution >= 0.6 is 0 Å². The monoisotopic (exact) mass is 279 g/mol. The van der Waals surface area contributed by atoms with Crippen LogP contribution < -0.4 is 5.32 Å². The summed E-state index contributed by atoms with van der Waals surface area (Å²) in [5.74, 6) is -1.23. The predicted molar refractivity (Wildman–Crippen MR) is 73.4 cm³/mol. The molecule has 1 aromatic rings. The van der Waals surface area contributed by atoms with Crippen molar-refractivity contribution in [3.05, 3.63) is 17.5 Å². The van der Waals surface area contributed by atoms with Crippen LogP contribution in [0.25, 0.3) is 0 Å². The predicted octanol–water partition coefficient (Wildman–Crippen LogP) is 1.35. The first-order valence-corrected chi connectivity index (χ1v) is 7.00. The Morgan fingerprint density at radius 3 is 2.75 bits per heavy atom. The summed E-state index contributed by atoms with van der Waals surface area (Å²) < 4.78 is 1.60. The summed E-state index contributed by atoms with van der Waals surface area (Å²) in [5.41, 5.74) is 1.23. The van der Waals surface area contributed by atoms with Crippen LogP contribution in [0, 0.1) is 18.8 Å². The van der Waals surface area contributed by atoms with Gasteiger partial charge in [-0.2, -0.15) is 5.10 Å². The third-order valence-corrected chi connectivity index (χ3v) is 4.01. The van der Waals surface area contributed by atoms with E-state index in [1.807, 2.05) is 0 Å². The second-order valence-electron chi connectivity index (χ2n) is 5.50. The lowest BCUT2D eigenvalue weighted by atomic mass is 9.79. The minimum atomic E-state index is -0.749. The molecule has 0 bridgehead atoms. The van der Waals surface area contributed by atoms with Crippen molar-refractivity contribution in [2.75, 3.05) is 6.54 Å². The van der Waals surface area contributed by atoms with Gasteiger partial charge >= 0.3 is 5.97 Å². The van der Waals surface area contributed by atoms with Crippen LogP contribution in [0.5, 0.6) is 0 Å². The summed E-state index contributed by atoms with van der Waals surface area (Å²) in [6.07, 6.45) is 5.25. The third-order valence-electron chi connectivity index (χ3n) is 4.01. The Morgan fingerprint density at radius 2 is 2.15 bits per heavy atom. The summed E-state index contributed by atoms with van der Waals surface area (Å²) in [7, 11) is 1.77. The normalized spacial score (nSPS) is 22.5. The van der Waals surface area contributed by atoms with Gasteiger partial charge in [-0.15, -0.1) is 0 Å². The summed E-state index contributed by atoms with van der Waals surface area (Å²) in [6, 6.07) is 0. The number of hydrogen-bond donors (Lipinski definition) is 2. The van der Waals surface area contributed by atoms with E-state index in [1.165, 1.54) is 0 Å². The molecule has 2 N–H and O–H groups in total. The van der Waals surface area contributed by atoms with E-state index in [4.69, 9.17) is 0 Å². The van der Waals surface area contributed by atoms with Gasteiger partial charge in [0, 0.05) is 19.8 Å². The zero-order valence-corrected chi connectivity index (χ0v) is 11.9. The van der Waals surface area contributed by atoms with E-state index in [0.717, 1.165) is 19.3 Å². The molecule has 2 rings (SSSR count). The molecule has 0 radical (unpaired) electrons. The maximum absolute atomic E-state index is 12.1. The lowest BCUT2D eigenvalue weighted by molar-refractivity contribution is -0.144. The van der Waals surface area contributed by atoms with Gasteiger partial charge in [-0.3, -0.25) is 14.3 Å². The van der Waals surface area contributed by atoms with Crippen molar-refractivity contribution < 1.29 is 14.7 Å². The Kier molecular flexibility index (Phi) is 4.42. The number of rotatable bonds is 4. The molecule has 0 spiro atoms. The lowest BCUT2D eigenvalue weighted by Gasteiger charge is -2.28. The number of nitrogens with one attached hydrogen (secondary N) is 1. The van der Waals surface area contributed by atoms with Crippen molar-refractivity contribution in [1.82, 2.24) is 15.1 Å². The van der Waals surface area contributed by atoms with E-state index in [1.54, 1.807) is 24.9 Å². The molecule has 0 aliphatic heterocycles. The Hall–Kier alpha value is -1.85. The van der Waals surface area contributed by atoms with Crippen LogP contribution in [0.2, 0.25) is 0 Å². The van der Waals surface area contributed by atoms with Crippen LogP contribution in [0.1, 0.15) is 41.7 Å². The molecule has 1 heterocycles. The van der Waals surface area contributed by atoms with Crippen molar-refractivity contribution in [2.24, 2.45) is 18.9 Å². The van der Waals surface area contributed by atoms with E-state index in [0.29, 0.717) is 24.2 Å². The molecule has 2 atom stereocenters. The topological polar surface area (TPSA) is 84.2 Å². The molecule has 0 saturated heterocycles. The van der Waals surface area contributed by atoms with E-state index >= 15 is 0 Å². The average molecular weight is 279 g/mol. The fourth-order valence-corrected chi connectivity index (χ4v) is 2.92. The lowest BCUT2D eigenvalue weighted by Crippen LogP contribution is -2.37. The fraction of sp³-hybridized carbons (Fsp3) is 0.643. The molecule has 6 heteroatoms. The molecule has 1 fully saturated rings. The highest BCUT2D eigenvalue weighted by atomic mass is 16.4. The molecule has 2 unspecified atom stereocenters. The van der Waals surface area contributed by atoms with Crippen molar-refractivity contribution in [2.45, 2.75) is 32.6 Å². The number of hydrogen-bond acceptors (Lipinski definition) is 3. The first-order valence-electron chi connectivity index (χ1n) is 7.00. The Balaban J connectivity index is 1.95. The number of carboxylic acids is 1. The number of aromatic nitrogens is 2. The minimum Gasteiger partial charge on any atom is -0.481 e. The van der Waals surface area contributed by atoms with Gasteiger partial charge in [0.2, 0.25) is 0 Å². The first kappa shape index (κ1) is 14.6. The van der Waals surface area contributed by atoms with Crippen molar-refractivity contribution in [1.29, 1.82) is 0 Å². The van der Waals surface area contributed by atoms with Gasteiger partial charge in [-0.05, 0) is 25.7 Å². The third kappa shape index (κ3) is 3.18.